The van der Waals surface area contributed by atoms with E-state index in [0.717, 1.165) is 0 Å². The number of primary amides is 1. The van der Waals surface area contributed by atoms with Crippen molar-refractivity contribution in [1.29, 1.82) is 0 Å². The fourth-order valence-corrected chi connectivity index (χ4v) is 3.34. The summed E-state index contributed by atoms with van der Waals surface area (Å²) in [4.78, 5) is 38.3. The molecule has 112 valence electrons. The molecule has 1 atom stereocenters. The van der Waals surface area contributed by atoms with Crippen LogP contribution in [0.15, 0.2) is 0 Å². The molecule has 1 spiro atoms. The Hall–Kier alpha value is -1.28. The van der Waals surface area contributed by atoms with Gasteiger partial charge in [-0.2, -0.15) is 12.6 Å². The minimum atomic E-state index is -0.639. The van der Waals surface area contributed by atoms with Gasteiger partial charge in [-0.05, 0) is 12.8 Å². The SMILES string of the molecule is NCC(=O)N1CCC2(CC1)CN([C@@H](CS)C(N)=O)C2=O. The van der Waals surface area contributed by atoms with Crippen LogP contribution in [-0.2, 0) is 14.4 Å². The Labute approximate surface area is 123 Å². The molecule has 0 unspecified atom stereocenters. The molecule has 2 aliphatic rings. The van der Waals surface area contributed by atoms with Crippen molar-refractivity contribution in [3.63, 3.8) is 0 Å². The van der Waals surface area contributed by atoms with Crippen LogP contribution in [0.25, 0.3) is 0 Å². The van der Waals surface area contributed by atoms with Gasteiger partial charge in [0.2, 0.25) is 17.7 Å². The summed E-state index contributed by atoms with van der Waals surface area (Å²) in [5.41, 5.74) is 10.2. The molecule has 0 aliphatic carbocycles. The maximum Gasteiger partial charge on any atom is 0.241 e. The van der Waals surface area contributed by atoms with Crippen LogP contribution in [0.4, 0.5) is 0 Å². The van der Waals surface area contributed by atoms with Gasteiger partial charge in [0.05, 0.1) is 12.0 Å². The van der Waals surface area contributed by atoms with Gasteiger partial charge in [-0.1, -0.05) is 0 Å². The average Bonchev–Trinajstić information content (AvgIpc) is 2.46. The Morgan fingerprint density at radius 3 is 2.35 bits per heavy atom. The number of rotatable bonds is 4. The molecule has 2 heterocycles. The van der Waals surface area contributed by atoms with Crippen LogP contribution in [0.5, 0.6) is 0 Å². The molecule has 0 saturated carbocycles. The third-order valence-corrected chi connectivity index (χ3v) is 4.66. The molecule has 8 heteroatoms. The molecule has 4 N–H and O–H groups in total. The molecule has 2 rings (SSSR count). The number of hydrogen-bond acceptors (Lipinski definition) is 5. The molecular formula is C12H20N4O3S. The first-order chi connectivity index (χ1) is 9.45. The van der Waals surface area contributed by atoms with Crippen LogP contribution in [0.1, 0.15) is 12.8 Å². The summed E-state index contributed by atoms with van der Waals surface area (Å²) in [5, 5.41) is 0. The molecule has 0 aromatic rings. The van der Waals surface area contributed by atoms with Gasteiger partial charge < -0.3 is 21.3 Å². The van der Waals surface area contributed by atoms with E-state index < -0.39 is 17.4 Å². The predicted molar refractivity (Wildman–Crippen MR) is 75.8 cm³/mol. The number of hydrogen-bond donors (Lipinski definition) is 3. The zero-order chi connectivity index (χ0) is 14.9. The fraction of sp³-hybridized carbons (Fsp3) is 0.750. The summed E-state index contributed by atoms with van der Waals surface area (Å²) in [6.07, 6.45) is 1.23. The second-order valence-electron chi connectivity index (χ2n) is 5.40. The molecule has 0 aromatic carbocycles. The van der Waals surface area contributed by atoms with E-state index in [1.54, 1.807) is 4.90 Å². The lowest BCUT2D eigenvalue weighted by Gasteiger charge is -2.54. The van der Waals surface area contributed by atoms with Crippen LogP contribution in [-0.4, -0.2) is 65.5 Å². The third-order valence-electron chi connectivity index (χ3n) is 4.31. The molecule has 0 aromatic heterocycles. The Morgan fingerprint density at radius 1 is 1.35 bits per heavy atom. The predicted octanol–water partition coefficient (Wildman–Crippen LogP) is -1.82. The summed E-state index contributed by atoms with van der Waals surface area (Å²) in [7, 11) is 0. The maximum atomic E-state index is 12.3. The fourth-order valence-electron chi connectivity index (χ4n) is 2.96. The number of nitrogens with zero attached hydrogens (tertiary/aromatic N) is 2. The minimum absolute atomic E-state index is 0.00350. The highest BCUT2D eigenvalue weighted by atomic mass is 32.1. The van der Waals surface area contributed by atoms with Gasteiger partial charge in [-0.15, -0.1) is 0 Å². The van der Waals surface area contributed by atoms with Gasteiger partial charge in [0.1, 0.15) is 6.04 Å². The lowest BCUT2D eigenvalue weighted by Crippen LogP contribution is -2.69. The van der Waals surface area contributed by atoms with Gasteiger partial charge >= 0.3 is 0 Å². The topological polar surface area (TPSA) is 110 Å². The lowest BCUT2D eigenvalue weighted by atomic mass is 9.70. The van der Waals surface area contributed by atoms with Crippen molar-refractivity contribution in [2.24, 2.45) is 16.9 Å². The Kier molecular flexibility index (Phi) is 4.24. The van der Waals surface area contributed by atoms with Crippen LogP contribution in [0, 0.1) is 5.41 Å². The van der Waals surface area contributed by atoms with E-state index in [4.69, 9.17) is 11.5 Å². The van der Waals surface area contributed by atoms with E-state index in [0.29, 0.717) is 32.5 Å². The van der Waals surface area contributed by atoms with Gasteiger partial charge in [0.15, 0.2) is 0 Å². The van der Waals surface area contributed by atoms with Crippen molar-refractivity contribution in [3.8, 4) is 0 Å². The molecular weight excluding hydrogens is 280 g/mol. The molecule has 3 amide bonds. The van der Waals surface area contributed by atoms with Crippen molar-refractivity contribution >= 4 is 30.4 Å². The Morgan fingerprint density at radius 2 is 1.95 bits per heavy atom. The quantitative estimate of drug-likeness (QED) is 0.419. The number of carbonyl (C=O) groups excluding carboxylic acids is 3. The first-order valence-corrected chi connectivity index (χ1v) is 7.27. The van der Waals surface area contributed by atoms with Crippen LogP contribution in [0.3, 0.4) is 0 Å². The zero-order valence-electron chi connectivity index (χ0n) is 11.2. The average molecular weight is 300 g/mol. The lowest BCUT2D eigenvalue weighted by molar-refractivity contribution is -0.172. The van der Waals surface area contributed by atoms with E-state index in [2.05, 4.69) is 12.6 Å². The number of piperidine rings is 1. The van der Waals surface area contributed by atoms with Crippen molar-refractivity contribution in [3.05, 3.63) is 0 Å². The van der Waals surface area contributed by atoms with E-state index >= 15 is 0 Å². The highest BCUT2D eigenvalue weighted by Gasteiger charge is 2.55. The molecule has 7 nitrogen and oxygen atoms in total. The van der Waals surface area contributed by atoms with E-state index in [1.165, 1.54) is 4.90 Å². The molecule has 0 bridgehead atoms. The Balaban J connectivity index is 1.96. The summed E-state index contributed by atoms with van der Waals surface area (Å²) < 4.78 is 0. The van der Waals surface area contributed by atoms with Gasteiger partial charge in [0, 0.05) is 25.4 Å². The van der Waals surface area contributed by atoms with E-state index in [1.807, 2.05) is 0 Å². The standard InChI is InChI=1S/C12H20N4O3S/c13-5-9(17)15-3-1-12(2-4-15)7-16(11(12)19)8(6-20)10(14)18/h8,20H,1-7,13H2,(H2,14,18)/t8-/m0/s1. The summed E-state index contributed by atoms with van der Waals surface area (Å²) in [6, 6.07) is -0.639. The number of thiol groups is 1. The van der Waals surface area contributed by atoms with E-state index in [9.17, 15) is 14.4 Å². The largest absolute Gasteiger partial charge is 0.368 e. The van der Waals surface area contributed by atoms with Crippen molar-refractivity contribution in [2.75, 3.05) is 31.9 Å². The van der Waals surface area contributed by atoms with Crippen molar-refractivity contribution < 1.29 is 14.4 Å². The van der Waals surface area contributed by atoms with E-state index in [-0.39, 0.29) is 24.1 Å². The first kappa shape index (κ1) is 15.1. The summed E-state index contributed by atoms with van der Waals surface area (Å²) in [5.74, 6) is -0.433. The van der Waals surface area contributed by atoms with Gasteiger partial charge in [-0.25, -0.2) is 0 Å². The minimum Gasteiger partial charge on any atom is -0.368 e. The number of amides is 3. The second-order valence-corrected chi connectivity index (χ2v) is 5.76. The zero-order valence-corrected chi connectivity index (χ0v) is 12.1. The number of β-lactam (4-membered cyclic amide) rings is 1. The van der Waals surface area contributed by atoms with Gasteiger partial charge in [-0.3, -0.25) is 14.4 Å². The molecule has 20 heavy (non-hydrogen) atoms. The highest BCUT2D eigenvalue weighted by Crippen LogP contribution is 2.42. The van der Waals surface area contributed by atoms with Crippen LogP contribution < -0.4 is 11.5 Å². The van der Waals surface area contributed by atoms with Crippen LogP contribution >= 0.6 is 12.6 Å². The smallest absolute Gasteiger partial charge is 0.241 e. The van der Waals surface area contributed by atoms with Crippen LogP contribution in [0.2, 0.25) is 0 Å². The van der Waals surface area contributed by atoms with Crippen molar-refractivity contribution in [1.82, 2.24) is 9.80 Å². The second kappa shape index (κ2) is 5.61. The molecule has 2 saturated heterocycles. The first-order valence-electron chi connectivity index (χ1n) is 6.64. The number of carbonyl (C=O) groups is 3. The molecule has 0 radical (unpaired) electrons. The Bertz CT molecular complexity index is 434. The normalized spacial score (nSPS) is 22.6. The van der Waals surface area contributed by atoms with Gasteiger partial charge in [0.25, 0.3) is 0 Å². The highest BCUT2D eigenvalue weighted by molar-refractivity contribution is 7.80. The third kappa shape index (κ3) is 2.37. The number of nitrogens with two attached hydrogens (primary N) is 2. The molecule has 2 fully saturated rings. The molecule has 2 aliphatic heterocycles. The van der Waals surface area contributed by atoms with Crippen molar-refractivity contribution in [2.45, 2.75) is 18.9 Å². The summed E-state index contributed by atoms with van der Waals surface area (Å²) >= 11 is 4.07. The summed E-state index contributed by atoms with van der Waals surface area (Å²) in [6.45, 7) is 1.59. The monoisotopic (exact) mass is 300 g/mol. The maximum absolute atomic E-state index is 12.3. The number of likely N-dealkylation sites (tertiary alicyclic amines) is 2.